The zero-order chi connectivity index (χ0) is 12.6. The van der Waals surface area contributed by atoms with Gasteiger partial charge in [0.2, 0.25) is 0 Å². The van der Waals surface area contributed by atoms with Gasteiger partial charge in [-0.05, 0) is 24.6 Å². The number of hydrogen-bond donors (Lipinski definition) is 1. The van der Waals surface area contributed by atoms with Crippen molar-refractivity contribution in [1.82, 2.24) is 10.3 Å². The maximum Gasteiger partial charge on any atom is 0.0619 e. The Balaban J connectivity index is 2.11. The third kappa shape index (κ3) is 3.41. The maximum atomic E-state index is 4.49. The molecule has 0 aliphatic heterocycles. The minimum Gasteiger partial charge on any atom is -0.311 e. The predicted molar refractivity (Wildman–Crippen MR) is 76.3 cm³/mol. The minimum atomic E-state index is 0.838. The summed E-state index contributed by atoms with van der Waals surface area (Å²) in [4.78, 5) is 4.49. The first-order chi connectivity index (χ1) is 8.92. The highest BCUT2D eigenvalue weighted by Gasteiger charge is 2.04. The fourth-order valence-electron chi connectivity index (χ4n) is 1.97. The van der Waals surface area contributed by atoms with Crippen LogP contribution in [0.15, 0.2) is 48.7 Å². The van der Waals surface area contributed by atoms with Crippen LogP contribution in [0.1, 0.15) is 25.5 Å². The number of rotatable bonds is 6. The zero-order valence-electron chi connectivity index (χ0n) is 10.9. The van der Waals surface area contributed by atoms with E-state index in [1.54, 1.807) is 0 Å². The van der Waals surface area contributed by atoms with E-state index in [2.05, 4.69) is 47.6 Å². The first-order valence-electron chi connectivity index (χ1n) is 6.62. The van der Waals surface area contributed by atoms with E-state index >= 15 is 0 Å². The van der Waals surface area contributed by atoms with E-state index in [-0.39, 0.29) is 0 Å². The highest BCUT2D eigenvalue weighted by Crippen LogP contribution is 2.21. The van der Waals surface area contributed by atoms with Crippen LogP contribution in [-0.2, 0) is 6.54 Å². The Morgan fingerprint density at radius 3 is 2.67 bits per heavy atom. The van der Waals surface area contributed by atoms with Crippen molar-refractivity contribution in [2.75, 3.05) is 6.54 Å². The van der Waals surface area contributed by atoms with Gasteiger partial charge in [0.25, 0.3) is 0 Å². The molecule has 0 aliphatic rings. The number of hydrogen-bond acceptors (Lipinski definition) is 2. The lowest BCUT2D eigenvalue weighted by atomic mass is 10.0. The van der Waals surface area contributed by atoms with Gasteiger partial charge in [-0.25, -0.2) is 0 Å². The van der Waals surface area contributed by atoms with Crippen LogP contribution in [0.4, 0.5) is 0 Å². The summed E-state index contributed by atoms with van der Waals surface area (Å²) < 4.78 is 0. The third-order valence-electron chi connectivity index (χ3n) is 2.97. The van der Waals surface area contributed by atoms with E-state index in [0.29, 0.717) is 0 Å². The molecule has 0 unspecified atom stereocenters. The Morgan fingerprint density at radius 2 is 1.89 bits per heavy atom. The SMILES string of the molecule is CCCCNCc1ncccc1-c1ccccc1. The maximum absolute atomic E-state index is 4.49. The Labute approximate surface area is 109 Å². The zero-order valence-corrected chi connectivity index (χ0v) is 10.9. The Kier molecular flexibility index (Phi) is 4.91. The predicted octanol–water partition coefficient (Wildman–Crippen LogP) is 3.64. The van der Waals surface area contributed by atoms with Crippen LogP contribution in [0.3, 0.4) is 0 Å². The molecule has 0 atom stereocenters. The van der Waals surface area contributed by atoms with Crippen LogP contribution in [-0.4, -0.2) is 11.5 Å². The van der Waals surface area contributed by atoms with Crippen molar-refractivity contribution in [2.45, 2.75) is 26.3 Å². The Hall–Kier alpha value is -1.67. The van der Waals surface area contributed by atoms with Crippen LogP contribution in [0, 0.1) is 0 Å². The summed E-state index contributed by atoms with van der Waals surface area (Å²) in [5.41, 5.74) is 3.58. The highest BCUT2D eigenvalue weighted by molar-refractivity contribution is 5.65. The largest absolute Gasteiger partial charge is 0.311 e. The molecular weight excluding hydrogens is 220 g/mol. The van der Waals surface area contributed by atoms with Crippen LogP contribution >= 0.6 is 0 Å². The van der Waals surface area contributed by atoms with Crippen molar-refractivity contribution in [3.8, 4) is 11.1 Å². The second kappa shape index (κ2) is 6.92. The first-order valence-corrected chi connectivity index (χ1v) is 6.62. The molecule has 2 aromatic rings. The molecule has 0 spiro atoms. The molecule has 1 heterocycles. The molecule has 0 aliphatic carbocycles. The smallest absolute Gasteiger partial charge is 0.0619 e. The van der Waals surface area contributed by atoms with Crippen molar-refractivity contribution in [3.05, 3.63) is 54.4 Å². The molecule has 0 saturated carbocycles. The van der Waals surface area contributed by atoms with Gasteiger partial charge in [-0.1, -0.05) is 49.7 Å². The van der Waals surface area contributed by atoms with E-state index in [0.717, 1.165) is 18.8 Å². The molecule has 0 bridgehead atoms. The van der Waals surface area contributed by atoms with Crippen LogP contribution in [0.5, 0.6) is 0 Å². The lowest BCUT2D eigenvalue weighted by Crippen LogP contribution is -2.16. The van der Waals surface area contributed by atoms with Crippen LogP contribution < -0.4 is 5.32 Å². The summed E-state index contributed by atoms with van der Waals surface area (Å²) in [5.74, 6) is 0. The number of nitrogens with zero attached hydrogens (tertiary/aromatic N) is 1. The fourth-order valence-corrected chi connectivity index (χ4v) is 1.97. The summed E-state index contributed by atoms with van der Waals surface area (Å²) in [7, 11) is 0. The molecule has 18 heavy (non-hydrogen) atoms. The van der Waals surface area contributed by atoms with Gasteiger partial charge in [0.05, 0.1) is 5.69 Å². The number of nitrogens with one attached hydrogen (secondary N) is 1. The molecule has 2 nitrogen and oxygen atoms in total. The Bertz CT molecular complexity index is 466. The van der Waals surface area contributed by atoms with Gasteiger partial charge in [-0.2, -0.15) is 0 Å². The summed E-state index contributed by atoms with van der Waals surface area (Å²) in [6.07, 6.45) is 4.30. The molecule has 1 N–H and O–H groups in total. The lowest BCUT2D eigenvalue weighted by Gasteiger charge is -2.09. The first kappa shape index (κ1) is 12.8. The van der Waals surface area contributed by atoms with E-state index < -0.39 is 0 Å². The summed E-state index contributed by atoms with van der Waals surface area (Å²) in [5, 5.41) is 3.45. The standard InChI is InChI=1S/C16H20N2/c1-2-3-11-17-13-16-15(10-7-12-18-16)14-8-5-4-6-9-14/h4-10,12,17H,2-3,11,13H2,1H3. The van der Waals surface area contributed by atoms with E-state index in [1.165, 1.54) is 24.0 Å². The summed E-state index contributed by atoms with van der Waals surface area (Å²) in [6, 6.07) is 14.6. The molecular formula is C16H20N2. The second-order valence-electron chi connectivity index (χ2n) is 4.39. The number of pyridine rings is 1. The van der Waals surface area contributed by atoms with E-state index in [9.17, 15) is 0 Å². The van der Waals surface area contributed by atoms with Gasteiger partial charge in [0, 0.05) is 18.3 Å². The van der Waals surface area contributed by atoms with E-state index in [1.807, 2.05) is 18.3 Å². The molecule has 0 saturated heterocycles. The van der Waals surface area contributed by atoms with Crippen LogP contribution in [0.2, 0.25) is 0 Å². The molecule has 94 valence electrons. The average molecular weight is 240 g/mol. The van der Waals surface area contributed by atoms with Crippen molar-refractivity contribution in [2.24, 2.45) is 0 Å². The third-order valence-corrected chi connectivity index (χ3v) is 2.97. The molecule has 2 rings (SSSR count). The van der Waals surface area contributed by atoms with Gasteiger partial charge in [-0.15, -0.1) is 0 Å². The molecule has 1 aromatic carbocycles. The van der Waals surface area contributed by atoms with Gasteiger partial charge in [0.15, 0.2) is 0 Å². The van der Waals surface area contributed by atoms with Gasteiger partial charge >= 0.3 is 0 Å². The fraction of sp³-hybridized carbons (Fsp3) is 0.312. The lowest BCUT2D eigenvalue weighted by molar-refractivity contribution is 0.634. The molecule has 0 amide bonds. The van der Waals surface area contributed by atoms with Gasteiger partial charge in [-0.3, -0.25) is 4.98 Å². The number of benzene rings is 1. The van der Waals surface area contributed by atoms with Gasteiger partial charge < -0.3 is 5.32 Å². The normalized spacial score (nSPS) is 10.5. The molecule has 0 radical (unpaired) electrons. The summed E-state index contributed by atoms with van der Waals surface area (Å²) in [6.45, 7) is 4.10. The molecule has 1 aromatic heterocycles. The number of aromatic nitrogens is 1. The Morgan fingerprint density at radius 1 is 1.06 bits per heavy atom. The molecule has 2 heteroatoms. The average Bonchev–Trinajstić information content (AvgIpc) is 2.45. The number of unbranched alkanes of at least 4 members (excludes halogenated alkanes) is 1. The van der Waals surface area contributed by atoms with Crippen molar-refractivity contribution in [3.63, 3.8) is 0 Å². The van der Waals surface area contributed by atoms with E-state index in [4.69, 9.17) is 0 Å². The summed E-state index contributed by atoms with van der Waals surface area (Å²) >= 11 is 0. The monoisotopic (exact) mass is 240 g/mol. The highest BCUT2D eigenvalue weighted by atomic mass is 14.9. The topological polar surface area (TPSA) is 24.9 Å². The van der Waals surface area contributed by atoms with Crippen molar-refractivity contribution in [1.29, 1.82) is 0 Å². The minimum absolute atomic E-state index is 0.838. The quantitative estimate of drug-likeness (QED) is 0.780. The second-order valence-corrected chi connectivity index (χ2v) is 4.39. The van der Waals surface area contributed by atoms with Gasteiger partial charge in [0.1, 0.15) is 0 Å². The van der Waals surface area contributed by atoms with Crippen LogP contribution in [0.25, 0.3) is 11.1 Å². The van der Waals surface area contributed by atoms with Crippen molar-refractivity contribution < 1.29 is 0 Å². The van der Waals surface area contributed by atoms with Crippen molar-refractivity contribution >= 4 is 0 Å². The molecule has 0 fully saturated rings.